The van der Waals surface area contributed by atoms with E-state index >= 15 is 0 Å². The molecule has 1 aliphatic carbocycles. The molecule has 0 spiro atoms. The summed E-state index contributed by atoms with van der Waals surface area (Å²) in [6.07, 6.45) is 16.4. The largest absolute Gasteiger partial charge is 0.213 e. The van der Waals surface area contributed by atoms with Crippen LogP contribution in [-0.2, 0) is 41.0 Å². The normalized spacial score (nSPS) is 12.0. The molecule has 98 heavy (non-hydrogen) atoms. The summed E-state index contributed by atoms with van der Waals surface area (Å²) < 4.78 is 8.85. The number of hydrogen-bond donors (Lipinski definition) is 0. The molecule has 0 amide bonds. The predicted octanol–water partition coefficient (Wildman–Crippen LogP) is 22.6. The molecule has 4 nitrogen and oxygen atoms in total. The Kier molecular flexibility index (Phi) is 23.7. The molecule has 4 aromatic heterocycles. The van der Waals surface area contributed by atoms with Crippen molar-refractivity contribution in [2.24, 2.45) is 28.2 Å². The number of pyridine rings is 4. The van der Waals surface area contributed by atoms with Crippen LogP contribution in [0.2, 0.25) is 0 Å². The summed E-state index contributed by atoms with van der Waals surface area (Å²) in [6, 6.07) is 80.3. The zero-order valence-electron chi connectivity index (χ0n) is 61.9. The van der Waals surface area contributed by atoms with Gasteiger partial charge in [0.15, 0.2) is 24.8 Å². The molecule has 0 bridgehead atoms. The van der Waals surface area contributed by atoms with Gasteiger partial charge in [0, 0.05) is 70.3 Å². The molecule has 1 saturated carbocycles. The number of aromatic nitrogens is 4. The fourth-order valence-electron chi connectivity index (χ4n) is 13.8. The maximum atomic E-state index is 2.37. The van der Waals surface area contributed by atoms with Crippen LogP contribution in [0.1, 0.15) is 152 Å². The van der Waals surface area contributed by atoms with Gasteiger partial charge < -0.3 is 0 Å². The van der Waals surface area contributed by atoms with E-state index < -0.39 is 0 Å². The molecule has 0 atom stereocenters. The Morgan fingerprint density at radius 3 is 1.04 bits per heavy atom. The molecule has 8 aromatic carbocycles. The highest BCUT2D eigenvalue weighted by Gasteiger charge is 2.21. The summed E-state index contributed by atoms with van der Waals surface area (Å²) in [7, 11) is 8.48. The molecule has 12 aromatic rings. The van der Waals surface area contributed by atoms with Crippen LogP contribution in [0.3, 0.4) is 0 Å². The number of aryl methyl sites for hydroxylation is 12. The lowest BCUT2D eigenvalue weighted by molar-refractivity contribution is -0.660. The molecule has 1 fully saturated rings. The fourth-order valence-corrected chi connectivity index (χ4v) is 13.8. The second-order valence-electron chi connectivity index (χ2n) is 28.2. The Labute approximate surface area is 588 Å². The van der Waals surface area contributed by atoms with Crippen molar-refractivity contribution in [2.45, 2.75) is 146 Å². The summed E-state index contributed by atoms with van der Waals surface area (Å²) >= 11 is 0. The zero-order chi connectivity index (χ0) is 69.7. The maximum absolute atomic E-state index is 2.37. The second kappa shape index (κ2) is 32.6. The first-order valence-corrected chi connectivity index (χ1v) is 35.9. The molecule has 0 radical (unpaired) electrons. The van der Waals surface area contributed by atoms with Crippen LogP contribution in [0.4, 0.5) is 0 Å². The van der Waals surface area contributed by atoms with Crippen LogP contribution in [0.25, 0.3) is 89.5 Å². The maximum Gasteiger partial charge on any atom is 0.213 e. The van der Waals surface area contributed by atoms with Crippen molar-refractivity contribution in [1.82, 2.24) is 0 Å². The smallest absolute Gasteiger partial charge is 0.201 e. The van der Waals surface area contributed by atoms with E-state index in [1.54, 1.807) is 0 Å². The first-order chi connectivity index (χ1) is 47.2. The predicted molar refractivity (Wildman–Crippen MR) is 415 cm³/mol. The minimum atomic E-state index is 0.531. The molecule has 0 saturated heterocycles. The lowest BCUT2D eigenvalue weighted by Crippen LogP contribution is -2.30. The molecule has 0 aliphatic heterocycles. The monoisotopic (exact) mass is 1290 g/mol. The van der Waals surface area contributed by atoms with Crippen molar-refractivity contribution in [3.63, 3.8) is 0 Å². The summed E-state index contributed by atoms with van der Waals surface area (Å²) in [4.78, 5) is 0. The van der Waals surface area contributed by atoms with Crippen LogP contribution in [0.15, 0.2) is 243 Å². The van der Waals surface area contributed by atoms with Crippen LogP contribution in [-0.4, -0.2) is 0 Å². The Balaban J connectivity index is 0.000000142. The van der Waals surface area contributed by atoms with Gasteiger partial charge in [-0.05, 0) is 228 Å². The van der Waals surface area contributed by atoms with Gasteiger partial charge in [-0.25, -0.2) is 18.3 Å². The first-order valence-electron chi connectivity index (χ1n) is 35.9. The van der Waals surface area contributed by atoms with Crippen molar-refractivity contribution in [3.05, 3.63) is 310 Å². The van der Waals surface area contributed by atoms with Crippen molar-refractivity contribution < 1.29 is 18.3 Å². The third-order valence-corrected chi connectivity index (χ3v) is 20.4. The number of benzene rings is 8. The van der Waals surface area contributed by atoms with Gasteiger partial charge in [-0.15, -0.1) is 0 Å². The lowest BCUT2D eigenvalue weighted by atomic mass is 9.90. The van der Waals surface area contributed by atoms with Crippen LogP contribution < -0.4 is 18.3 Å². The van der Waals surface area contributed by atoms with E-state index in [1.807, 2.05) is 0 Å². The highest BCUT2D eigenvalue weighted by molar-refractivity contribution is 5.75. The highest BCUT2D eigenvalue weighted by atomic mass is 14.9. The molecule has 4 heteroatoms. The van der Waals surface area contributed by atoms with Crippen molar-refractivity contribution in [3.8, 4) is 89.5 Å². The van der Waals surface area contributed by atoms with Crippen molar-refractivity contribution in [1.29, 1.82) is 0 Å². The summed E-state index contributed by atoms with van der Waals surface area (Å²) in [5.41, 5.74) is 37.0. The number of nitrogens with zero attached hydrogens (tertiary/aromatic N) is 4. The molecular formula is C94H106N4+4. The summed E-state index contributed by atoms with van der Waals surface area (Å²) in [6.45, 7) is 28.8. The van der Waals surface area contributed by atoms with E-state index in [2.05, 4.69) is 380 Å². The van der Waals surface area contributed by atoms with Crippen LogP contribution in [0, 0.1) is 48.5 Å². The quantitative estimate of drug-likeness (QED) is 0.102. The van der Waals surface area contributed by atoms with Crippen molar-refractivity contribution in [2.75, 3.05) is 0 Å². The van der Waals surface area contributed by atoms with E-state index in [1.165, 1.54) is 182 Å². The number of rotatable bonds is 13. The van der Waals surface area contributed by atoms with Gasteiger partial charge in [-0.2, -0.15) is 0 Å². The van der Waals surface area contributed by atoms with Gasteiger partial charge in [0.05, 0.1) is 0 Å². The van der Waals surface area contributed by atoms with Crippen LogP contribution in [0.5, 0.6) is 0 Å². The van der Waals surface area contributed by atoms with Gasteiger partial charge in [0.25, 0.3) is 0 Å². The molecule has 498 valence electrons. The first kappa shape index (κ1) is 71.1. The minimum Gasteiger partial charge on any atom is -0.201 e. The van der Waals surface area contributed by atoms with E-state index in [0.717, 1.165) is 18.8 Å². The molecule has 13 rings (SSSR count). The third-order valence-electron chi connectivity index (χ3n) is 20.4. The van der Waals surface area contributed by atoms with E-state index in [-0.39, 0.29) is 0 Å². The third kappa shape index (κ3) is 17.2. The molecule has 4 heterocycles. The van der Waals surface area contributed by atoms with Gasteiger partial charge in [0.1, 0.15) is 28.2 Å². The Morgan fingerprint density at radius 1 is 0.316 bits per heavy atom. The number of hydrogen-bond acceptors (Lipinski definition) is 0. The van der Waals surface area contributed by atoms with E-state index in [4.69, 9.17) is 0 Å². The summed E-state index contributed by atoms with van der Waals surface area (Å²) in [5, 5.41) is 0. The van der Waals surface area contributed by atoms with Gasteiger partial charge >= 0.3 is 0 Å². The average molecular weight is 1290 g/mol. The topological polar surface area (TPSA) is 15.5 Å². The average Bonchev–Trinajstić information content (AvgIpc) is 1.05. The molecule has 0 N–H and O–H groups in total. The SMILES string of the molecule is CCc1cc(CC)cc(-c2cc[n+](C)c(-c3ccccc3C)c2)c1.Cc1ccccc1-c1cc(-c2cc(C(C)C)cc(C(C)C)c2)cc[n+]1C.Cc1ccccc1-c1cc(-c2cc(C)c(C)c(C)c2)cc[n+]1C.Cc1ccccc1-c1ccc(-c2ccc(C3CCCC3)cc2)c[n+]1C. The lowest BCUT2D eigenvalue weighted by Gasteiger charge is -2.15. The van der Waals surface area contributed by atoms with Gasteiger partial charge in [-0.3, -0.25) is 0 Å². The minimum absolute atomic E-state index is 0.531. The van der Waals surface area contributed by atoms with E-state index in [0.29, 0.717) is 11.8 Å². The Bertz CT molecular complexity index is 4650. The van der Waals surface area contributed by atoms with Crippen molar-refractivity contribution >= 4 is 0 Å². The van der Waals surface area contributed by atoms with Crippen LogP contribution >= 0.6 is 0 Å². The van der Waals surface area contributed by atoms with Gasteiger partial charge in [0.2, 0.25) is 22.8 Å². The fraction of sp³-hybridized carbons (Fsp3) is 0.277. The van der Waals surface area contributed by atoms with Gasteiger partial charge in [-0.1, -0.05) is 200 Å². The Hall–Kier alpha value is -9.64. The summed E-state index contributed by atoms with van der Waals surface area (Å²) in [5.74, 6) is 1.85. The molecule has 0 unspecified atom stereocenters. The zero-order valence-corrected chi connectivity index (χ0v) is 61.9. The standard InChI is InChI=1S/C25H30N.C24H26N.C23H26N.C22H24N/c1-17(2)21-13-22(18(3)4)15-23(14-21)20-11-12-26(6)25(16-20)24-10-8-7-9-19(24)5;1-18-7-3-6-10-23(18)24-16-15-22(17-25(24)2)21-13-11-20(12-14-21)19-8-4-5-9-19;1-5-18-13-19(6-2)15-21(14-18)20-11-12-24(4)23(16-20)22-10-8-7-9-17(22)3;1-15-8-6-7-9-21(15)22-14-19(10-11-23(22)5)20-12-16(2)18(4)17(3)13-20/h7-18H,1-6H3;3,6-7,10-17,19H,4-5,8-9H2,1-2H3;7-16H,5-6H2,1-4H3;6-14H,1-5H3/q4*+1. The molecular weight excluding hydrogens is 1190 g/mol. The Morgan fingerprint density at radius 2 is 0.673 bits per heavy atom. The molecule has 1 aliphatic rings. The second-order valence-corrected chi connectivity index (χ2v) is 28.2. The highest BCUT2D eigenvalue weighted by Crippen LogP contribution is 2.37. The van der Waals surface area contributed by atoms with E-state index in [9.17, 15) is 0 Å².